The van der Waals surface area contributed by atoms with E-state index in [0.29, 0.717) is 46.1 Å². The van der Waals surface area contributed by atoms with E-state index < -0.39 is 0 Å². The van der Waals surface area contributed by atoms with Gasteiger partial charge in [-0.1, -0.05) is 30.3 Å². The fourth-order valence-electron chi connectivity index (χ4n) is 2.62. The van der Waals surface area contributed by atoms with Gasteiger partial charge in [-0.15, -0.1) is 11.3 Å². The quantitative estimate of drug-likeness (QED) is 0.663. The van der Waals surface area contributed by atoms with Gasteiger partial charge in [0, 0.05) is 20.1 Å². The van der Waals surface area contributed by atoms with Crippen molar-refractivity contribution in [2.24, 2.45) is 0 Å². The van der Waals surface area contributed by atoms with Crippen molar-refractivity contribution in [1.82, 2.24) is 15.3 Å². The van der Waals surface area contributed by atoms with E-state index in [2.05, 4.69) is 15.3 Å². The van der Waals surface area contributed by atoms with E-state index in [4.69, 9.17) is 4.74 Å². The molecule has 2 N–H and O–H groups in total. The van der Waals surface area contributed by atoms with Crippen molar-refractivity contribution < 1.29 is 9.53 Å². The SMILES string of the molecule is COCCNC(=O)c1sc2nc(Cc3ccccc3)[nH]c(=O)c2c1C. The predicted molar refractivity (Wildman–Crippen MR) is 98.4 cm³/mol. The summed E-state index contributed by atoms with van der Waals surface area (Å²) in [5, 5.41) is 3.27. The van der Waals surface area contributed by atoms with Gasteiger partial charge in [-0.2, -0.15) is 0 Å². The van der Waals surface area contributed by atoms with Gasteiger partial charge in [0.2, 0.25) is 0 Å². The first-order chi connectivity index (χ1) is 12.1. The Hall–Kier alpha value is -2.51. The minimum Gasteiger partial charge on any atom is -0.383 e. The summed E-state index contributed by atoms with van der Waals surface area (Å²) in [6.45, 7) is 2.64. The molecule has 6 nitrogen and oxygen atoms in total. The average Bonchev–Trinajstić information content (AvgIpc) is 2.93. The molecule has 0 bridgehead atoms. The zero-order chi connectivity index (χ0) is 17.8. The van der Waals surface area contributed by atoms with Crippen LogP contribution in [0, 0.1) is 6.92 Å². The predicted octanol–water partition coefficient (Wildman–Crippen LogP) is 2.26. The summed E-state index contributed by atoms with van der Waals surface area (Å²) in [6, 6.07) is 9.81. The minimum absolute atomic E-state index is 0.207. The first kappa shape index (κ1) is 17.3. The molecule has 0 fully saturated rings. The zero-order valence-corrected chi connectivity index (χ0v) is 14.9. The number of amides is 1. The van der Waals surface area contributed by atoms with Gasteiger partial charge < -0.3 is 15.0 Å². The van der Waals surface area contributed by atoms with Crippen LogP contribution in [0.25, 0.3) is 10.2 Å². The number of aromatic amines is 1. The number of nitrogens with one attached hydrogen (secondary N) is 2. The normalized spacial score (nSPS) is 11.0. The van der Waals surface area contributed by atoms with E-state index in [-0.39, 0.29) is 11.5 Å². The van der Waals surface area contributed by atoms with Gasteiger partial charge in [-0.3, -0.25) is 9.59 Å². The molecule has 0 aliphatic carbocycles. The zero-order valence-electron chi connectivity index (χ0n) is 14.1. The van der Waals surface area contributed by atoms with Crippen LogP contribution in [0.15, 0.2) is 35.1 Å². The van der Waals surface area contributed by atoms with Crippen LogP contribution in [0.5, 0.6) is 0 Å². The molecule has 0 unspecified atom stereocenters. The second kappa shape index (κ2) is 7.58. The Bertz CT molecular complexity index is 947. The van der Waals surface area contributed by atoms with Gasteiger partial charge in [-0.05, 0) is 18.1 Å². The van der Waals surface area contributed by atoms with Crippen LogP contribution in [0.3, 0.4) is 0 Å². The molecule has 7 heteroatoms. The van der Waals surface area contributed by atoms with Crippen LogP contribution < -0.4 is 10.9 Å². The van der Waals surface area contributed by atoms with Gasteiger partial charge in [0.25, 0.3) is 11.5 Å². The summed E-state index contributed by atoms with van der Waals surface area (Å²) in [4.78, 5) is 33.3. The number of carbonyl (C=O) groups excluding carboxylic acids is 1. The molecule has 0 saturated heterocycles. The first-order valence-electron chi connectivity index (χ1n) is 7.93. The van der Waals surface area contributed by atoms with Crippen LogP contribution in [0.2, 0.25) is 0 Å². The van der Waals surface area contributed by atoms with E-state index >= 15 is 0 Å². The van der Waals surface area contributed by atoms with E-state index in [1.165, 1.54) is 11.3 Å². The lowest BCUT2D eigenvalue weighted by atomic mass is 10.1. The minimum atomic E-state index is -0.208. The van der Waals surface area contributed by atoms with Crippen molar-refractivity contribution in [3.05, 3.63) is 62.5 Å². The molecule has 1 amide bonds. The van der Waals surface area contributed by atoms with Crippen molar-refractivity contribution in [3.63, 3.8) is 0 Å². The molecule has 1 aromatic carbocycles. The van der Waals surface area contributed by atoms with Crippen molar-refractivity contribution in [1.29, 1.82) is 0 Å². The van der Waals surface area contributed by atoms with Crippen molar-refractivity contribution in [3.8, 4) is 0 Å². The number of H-pyrrole nitrogens is 1. The molecular formula is C18H19N3O3S. The Balaban J connectivity index is 1.93. The molecule has 0 spiro atoms. The van der Waals surface area contributed by atoms with Gasteiger partial charge >= 0.3 is 0 Å². The summed E-state index contributed by atoms with van der Waals surface area (Å²) in [5.41, 5.74) is 1.52. The molecule has 0 saturated carbocycles. The lowest BCUT2D eigenvalue weighted by Gasteiger charge is -2.02. The Morgan fingerprint density at radius 3 is 2.80 bits per heavy atom. The van der Waals surface area contributed by atoms with E-state index in [9.17, 15) is 9.59 Å². The van der Waals surface area contributed by atoms with Crippen LogP contribution in [-0.4, -0.2) is 36.1 Å². The van der Waals surface area contributed by atoms with Gasteiger partial charge in [0.1, 0.15) is 10.7 Å². The molecule has 0 aliphatic rings. The number of rotatable bonds is 6. The first-order valence-corrected chi connectivity index (χ1v) is 8.75. The molecule has 2 aromatic heterocycles. The topological polar surface area (TPSA) is 84.1 Å². The van der Waals surface area contributed by atoms with Crippen LogP contribution in [0.1, 0.15) is 26.6 Å². The molecule has 0 atom stereocenters. The Kier molecular flexibility index (Phi) is 5.25. The van der Waals surface area contributed by atoms with E-state index in [0.717, 1.165) is 5.56 Å². The van der Waals surface area contributed by atoms with Crippen molar-refractivity contribution in [2.45, 2.75) is 13.3 Å². The number of fused-ring (bicyclic) bond motifs is 1. The highest BCUT2D eigenvalue weighted by atomic mass is 32.1. The average molecular weight is 357 g/mol. The Labute approximate surface area is 148 Å². The van der Waals surface area contributed by atoms with Gasteiger partial charge in [0.05, 0.1) is 16.9 Å². The number of carbonyl (C=O) groups is 1. The van der Waals surface area contributed by atoms with Crippen LogP contribution in [-0.2, 0) is 11.2 Å². The summed E-state index contributed by atoms with van der Waals surface area (Å²) in [7, 11) is 1.58. The Morgan fingerprint density at radius 2 is 2.08 bits per heavy atom. The maximum absolute atomic E-state index is 12.5. The molecular weight excluding hydrogens is 338 g/mol. The number of hydrogen-bond donors (Lipinski definition) is 2. The Morgan fingerprint density at radius 1 is 1.32 bits per heavy atom. The van der Waals surface area contributed by atoms with Crippen LogP contribution >= 0.6 is 11.3 Å². The maximum atomic E-state index is 12.5. The standard InChI is InChI=1S/C18H19N3O3S/c1-11-14-16(22)20-13(10-12-6-4-3-5-7-12)21-18(14)25-15(11)17(23)19-8-9-24-2/h3-7H,8-10H2,1-2H3,(H,19,23)(H,20,21,22). The number of nitrogens with zero attached hydrogens (tertiary/aromatic N) is 1. The molecule has 25 heavy (non-hydrogen) atoms. The third-order valence-corrected chi connectivity index (χ3v) is 5.05. The summed E-state index contributed by atoms with van der Waals surface area (Å²) in [6.07, 6.45) is 0.540. The lowest BCUT2D eigenvalue weighted by molar-refractivity contribution is 0.0940. The summed E-state index contributed by atoms with van der Waals surface area (Å²) < 4.78 is 4.93. The highest BCUT2D eigenvalue weighted by molar-refractivity contribution is 7.20. The molecule has 3 rings (SSSR count). The second-order valence-corrected chi connectivity index (χ2v) is 6.66. The number of methoxy groups -OCH3 is 1. The maximum Gasteiger partial charge on any atom is 0.261 e. The fraction of sp³-hybridized carbons (Fsp3) is 0.278. The number of hydrogen-bond acceptors (Lipinski definition) is 5. The smallest absolute Gasteiger partial charge is 0.261 e. The highest BCUT2D eigenvalue weighted by Crippen LogP contribution is 2.27. The molecule has 130 valence electrons. The highest BCUT2D eigenvalue weighted by Gasteiger charge is 2.19. The number of ether oxygens (including phenoxy) is 1. The van der Waals surface area contributed by atoms with Crippen molar-refractivity contribution in [2.75, 3.05) is 20.3 Å². The number of aryl methyl sites for hydroxylation is 1. The molecule has 0 radical (unpaired) electrons. The summed E-state index contributed by atoms with van der Waals surface area (Å²) >= 11 is 1.24. The third-order valence-electron chi connectivity index (χ3n) is 3.86. The lowest BCUT2D eigenvalue weighted by Crippen LogP contribution is -2.26. The summed E-state index contributed by atoms with van der Waals surface area (Å²) in [5.74, 6) is 0.387. The van der Waals surface area contributed by atoms with Gasteiger partial charge in [-0.25, -0.2) is 4.98 Å². The number of aromatic nitrogens is 2. The largest absolute Gasteiger partial charge is 0.383 e. The molecule has 0 aliphatic heterocycles. The monoisotopic (exact) mass is 357 g/mol. The third kappa shape index (κ3) is 3.78. The number of benzene rings is 1. The van der Waals surface area contributed by atoms with Crippen molar-refractivity contribution >= 4 is 27.5 Å². The van der Waals surface area contributed by atoms with Gasteiger partial charge in [0.15, 0.2) is 0 Å². The second-order valence-electron chi connectivity index (χ2n) is 5.66. The van der Waals surface area contributed by atoms with E-state index in [1.54, 1.807) is 14.0 Å². The van der Waals surface area contributed by atoms with E-state index in [1.807, 2.05) is 30.3 Å². The van der Waals surface area contributed by atoms with Crippen LogP contribution in [0.4, 0.5) is 0 Å². The molecule has 3 aromatic rings. The molecule has 2 heterocycles. The number of thiophene rings is 1. The fourth-order valence-corrected chi connectivity index (χ4v) is 3.74.